The summed E-state index contributed by atoms with van der Waals surface area (Å²) < 4.78 is 25.5. The lowest BCUT2D eigenvalue weighted by molar-refractivity contribution is 0.111. The summed E-state index contributed by atoms with van der Waals surface area (Å²) >= 11 is 0. The fourth-order valence-corrected chi connectivity index (χ4v) is 0.867. The summed E-state index contributed by atoms with van der Waals surface area (Å²) in [5.41, 5.74) is 4.94. The molecule has 0 atom stereocenters. The Hall–Kier alpha value is -1.29. The minimum absolute atomic E-state index is 0.0486. The number of hydrogen-bond donors (Lipinski definition) is 1. The van der Waals surface area contributed by atoms with Crippen molar-refractivity contribution in [1.82, 2.24) is 0 Å². The van der Waals surface area contributed by atoms with Crippen molar-refractivity contribution in [1.29, 1.82) is 0 Å². The molecule has 2 N–H and O–H groups in total. The molecule has 0 saturated carbocycles. The SMILES string of the molecule is NCc1cc(F)c(C=O)c(F)c1. The number of hydrogen-bond acceptors (Lipinski definition) is 2. The Kier molecular flexibility index (Phi) is 2.50. The Balaban J connectivity index is 3.27. The first-order chi connectivity index (χ1) is 5.69. The average molecular weight is 171 g/mol. The van der Waals surface area contributed by atoms with Gasteiger partial charge in [-0.05, 0) is 17.7 Å². The first kappa shape index (κ1) is 8.80. The molecule has 1 rings (SSSR count). The van der Waals surface area contributed by atoms with Crippen LogP contribution in [0.1, 0.15) is 15.9 Å². The quantitative estimate of drug-likeness (QED) is 0.680. The van der Waals surface area contributed by atoms with Crippen molar-refractivity contribution in [3.05, 3.63) is 34.9 Å². The fourth-order valence-electron chi connectivity index (χ4n) is 0.867. The van der Waals surface area contributed by atoms with Gasteiger partial charge in [0.05, 0.1) is 5.56 Å². The molecule has 1 aromatic rings. The van der Waals surface area contributed by atoms with E-state index in [1.807, 2.05) is 0 Å². The third-order valence-corrected chi connectivity index (χ3v) is 1.49. The molecular formula is C8H7F2NO. The molecule has 0 fully saturated rings. The molecule has 0 unspecified atom stereocenters. The van der Waals surface area contributed by atoms with Crippen molar-refractivity contribution in [2.24, 2.45) is 5.73 Å². The largest absolute Gasteiger partial charge is 0.326 e. The molecule has 0 spiro atoms. The van der Waals surface area contributed by atoms with Crippen molar-refractivity contribution >= 4 is 6.29 Å². The van der Waals surface area contributed by atoms with Gasteiger partial charge in [0.1, 0.15) is 11.6 Å². The summed E-state index contributed by atoms with van der Waals surface area (Å²) in [5.74, 6) is -1.74. The maximum atomic E-state index is 12.8. The van der Waals surface area contributed by atoms with Gasteiger partial charge in [0, 0.05) is 6.54 Å². The van der Waals surface area contributed by atoms with Crippen LogP contribution in [0.2, 0.25) is 0 Å². The Labute approximate surface area is 68.0 Å². The van der Waals surface area contributed by atoms with Crippen molar-refractivity contribution in [2.75, 3.05) is 0 Å². The second-order valence-electron chi connectivity index (χ2n) is 2.30. The van der Waals surface area contributed by atoms with Crippen molar-refractivity contribution in [3.8, 4) is 0 Å². The van der Waals surface area contributed by atoms with Gasteiger partial charge in [0.15, 0.2) is 6.29 Å². The van der Waals surface area contributed by atoms with Crippen LogP contribution in [0.25, 0.3) is 0 Å². The number of aldehydes is 1. The van der Waals surface area contributed by atoms with Crippen molar-refractivity contribution in [3.63, 3.8) is 0 Å². The van der Waals surface area contributed by atoms with Gasteiger partial charge in [-0.1, -0.05) is 0 Å². The third kappa shape index (κ3) is 1.48. The van der Waals surface area contributed by atoms with Crippen LogP contribution in [0.3, 0.4) is 0 Å². The molecule has 0 heterocycles. The van der Waals surface area contributed by atoms with Crippen LogP contribution < -0.4 is 5.73 Å². The maximum Gasteiger partial charge on any atom is 0.155 e. The molecule has 0 aliphatic heterocycles. The Bertz CT molecular complexity index is 289. The third-order valence-electron chi connectivity index (χ3n) is 1.49. The van der Waals surface area contributed by atoms with E-state index in [4.69, 9.17) is 5.73 Å². The van der Waals surface area contributed by atoms with Gasteiger partial charge in [-0.3, -0.25) is 4.79 Å². The highest BCUT2D eigenvalue weighted by Crippen LogP contribution is 2.12. The zero-order valence-electron chi connectivity index (χ0n) is 6.18. The maximum absolute atomic E-state index is 12.8. The van der Waals surface area contributed by atoms with Gasteiger partial charge < -0.3 is 5.73 Å². The molecule has 12 heavy (non-hydrogen) atoms. The highest BCUT2D eigenvalue weighted by molar-refractivity contribution is 5.75. The lowest BCUT2D eigenvalue weighted by Crippen LogP contribution is -2.01. The molecule has 4 heteroatoms. The normalized spacial score (nSPS) is 9.92. The number of benzene rings is 1. The van der Waals surface area contributed by atoms with E-state index in [2.05, 4.69) is 0 Å². The van der Waals surface area contributed by atoms with Crippen LogP contribution in [-0.4, -0.2) is 6.29 Å². The molecule has 64 valence electrons. The van der Waals surface area contributed by atoms with E-state index in [1.54, 1.807) is 0 Å². The monoisotopic (exact) mass is 171 g/mol. The second kappa shape index (κ2) is 3.40. The molecule has 0 aromatic heterocycles. The number of carbonyl (C=O) groups is 1. The van der Waals surface area contributed by atoms with Gasteiger partial charge in [-0.2, -0.15) is 0 Å². The van der Waals surface area contributed by atoms with Gasteiger partial charge in [-0.15, -0.1) is 0 Å². The summed E-state index contributed by atoms with van der Waals surface area (Å²) in [6, 6.07) is 2.10. The zero-order chi connectivity index (χ0) is 9.14. The standard InChI is InChI=1S/C8H7F2NO/c9-7-1-5(3-11)2-8(10)6(7)4-12/h1-2,4H,3,11H2. The minimum atomic E-state index is -0.870. The minimum Gasteiger partial charge on any atom is -0.326 e. The summed E-state index contributed by atoms with van der Waals surface area (Å²) in [6.45, 7) is 0.0486. The van der Waals surface area contributed by atoms with Crippen LogP contribution in [0.15, 0.2) is 12.1 Å². The highest BCUT2D eigenvalue weighted by Gasteiger charge is 2.08. The van der Waals surface area contributed by atoms with Crippen LogP contribution >= 0.6 is 0 Å². The summed E-state index contributed by atoms with van der Waals surface area (Å²) in [4.78, 5) is 10.1. The Morgan fingerprint density at radius 3 is 2.17 bits per heavy atom. The van der Waals surface area contributed by atoms with E-state index in [9.17, 15) is 13.6 Å². The zero-order valence-corrected chi connectivity index (χ0v) is 6.18. The van der Waals surface area contributed by atoms with Crippen LogP contribution in [0.5, 0.6) is 0 Å². The van der Waals surface area contributed by atoms with E-state index >= 15 is 0 Å². The average Bonchev–Trinajstić information content (AvgIpc) is 2.03. The fraction of sp³-hybridized carbons (Fsp3) is 0.125. The van der Waals surface area contributed by atoms with E-state index in [-0.39, 0.29) is 12.8 Å². The van der Waals surface area contributed by atoms with Crippen molar-refractivity contribution in [2.45, 2.75) is 6.54 Å². The smallest absolute Gasteiger partial charge is 0.155 e. The highest BCUT2D eigenvalue weighted by atomic mass is 19.1. The van der Waals surface area contributed by atoms with Gasteiger partial charge >= 0.3 is 0 Å². The van der Waals surface area contributed by atoms with Crippen LogP contribution in [0, 0.1) is 11.6 Å². The number of nitrogens with two attached hydrogens (primary N) is 1. The van der Waals surface area contributed by atoms with E-state index in [1.165, 1.54) is 0 Å². The van der Waals surface area contributed by atoms with Crippen molar-refractivity contribution < 1.29 is 13.6 Å². The molecule has 0 aliphatic carbocycles. The lowest BCUT2D eigenvalue weighted by Gasteiger charge is -2.00. The van der Waals surface area contributed by atoms with Crippen LogP contribution in [0.4, 0.5) is 8.78 Å². The predicted molar refractivity (Wildman–Crippen MR) is 39.6 cm³/mol. The molecule has 2 nitrogen and oxygen atoms in total. The first-order valence-corrected chi connectivity index (χ1v) is 3.32. The lowest BCUT2D eigenvalue weighted by atomic mass is 10.1. The molecule has 0 saturated heterocycles. The van der Waals surface area contributed by atoms with Gasteiger partial charge in [0.25, 0.3) is 0 Å². The Morgan fingerprint density at radius 2 is 1.83 bits per heavy atom. The summed E-state index contributed by atoms with van der Waals surface area (Å²) in [6.07, 6.45) is 0.144. The molecule has 0 aliphatic rings. The van der Waals surface area contributed by atoms with E-state index < -0.39 is 17.2 Å². The first-order valence-electron chi connectivity index (χ1n) is 3.32. The van der Waals surface area contributed by atoms with Gasteiger partial charge in [-0.25, -0.2) is 8.78 Å². The molecule has 1 aromatic carbocycles. The summed E-state index contributed by atoms with van der Waals surface area (Å²) in [5, 5.41) is 0. The molecular weight excluding hydrogens is 164 g/mol. The summed E-state index contributed by atoms with van der Waals surface area (Å²) in [7, 11) is 0. The number of carbonyl (C=O) groups excluding carboxylic acids is 1. The Morgan fingerprint density at radius 1 is 1.33 bits per heavy atom. The molecule has 0 radical (unpaired) electrons. The number of halogens is 2. The van der Waals surface area contributed by atoms with Gasteiger partial charge in [0.2, 0.25) is 0 Å². The molecule has 0 amide bonds. The van der Waals surface area contributed by atoms with E-state index in [0.717, 1.165) is 12.1 Å². The number of rotatable bonds is 2. The topological polar surface area (TPSA) is 43.1 Å². The second-order valence-corrected chi connectivity index (χ2v) is 2.30. The predicted octanol–water partition coefficient (Wildman–Crippen LogP) is 1.24. The van der Waals surface area contributed by atoms with E-state index in [0.29, 0.717) is 5.56 Å². The molecule has 0 bridgehead atoms. The van der Waals surface area contributed by atoms with Crippen LogP contribution in [-0.2, 0) is 6.54 Å².